The Morgan fingerprint density at radius 1 is 0.963 bits per heavy atom. The van der Waals surface area contributed by atoms with Crippen molar-refractivity contribution in [2.24, 2.45) is 0 Å². The van der Waals surface area contributed by atoms with E-state index in [0.29, 0.717) is 17.0 Å². The second-order valence-electron chi connectivity index (χ2n) is 7.80. The third kappa shape index (κ3) is 5.58. The largest absolute Gasteiger partial charge is 0.481 e. The van der Waals surface area contributed by atoms with Crippen molar-refractivity contribution in [3.63, 3.8) is 0 Å². The summed E-state index contributed by atoms with van der Waals surface area (Å²) in [5, 5.41) is 2.80. The van der Waals surface area contributed by atoms with E-state index < -0.39 is 6.10 Å². The molecule has 0 bridgehead atoms. The second kappa shape index (κ2) is 8.25. The number of hydrogen-bond donors (Lipinski definition) is 1. The molecule has 0 saturated carbocycles. The Bertz CT molecular complexity index is 788. The number of carbonyl (C=O) groups excluding carboxylic acids is 2. The summed E-state index contributed by atoms with van der Waals surface area (Å²) in [6.07, 6.45) is -0.645. The first-order valence-electron chi connectivity index (χ1n) is 8.97. The highest BCUT2D eigenvalue weighted by molar-refractivity contribution is 5.96. The number of nitrogens with one attached hydrogen (secondary N) is 1. The highest BCUT2D eigenvalue weighted by Gasteiger charge is 2.17. The molecule has 2 amide bonds. The minimum atomic E-state index is -0.645. The number of nitrogens with zero attached hydrogens (tertiary/aromatic N) is 1. The van der Waals surface area contributed by atoms with Gasteiger partial charge in [0.25, 0.3) is 11.8 Å². The van der Waals surface area contributed by atoms with Crippen molar-refractivity contribution in [3.8, 4) is 5.75 Å². The maximum absolute atomic E-state index is 12.4. The Hall–Kier alpha value is -2.82. The number of ether oxygens (including phenoxy) is 1. The van der Waals surface area contributed by atoms with Gasteiger partial charge < -0.3 is 15.0 Å². The van der Waals surface area contributed by atoms with E-state index in [4.69, 9.17) is 4.74 Å². The van der Waals surface area contributed by atoms with Gasteiger partial charge in [0.15, 0.2) is 6.10 Å². The summed E-state index contributed by atoms with van der Waals surface area (Å²) in [6.45, 7) is 8.15. The van der Waals surface area contributed by atoms with Crippen LogP contribution in [0.25, 0.3) is 0 Å². The molecule has 1 atom stereocenters. The van der Waals surface area contributed by atoms with Gasteiger partial charge in [-0.3, -0.25) is 9.59 Å². The first-order valence-corrected chi connectivity index (χ1v) is 8.97. The zero-order valence-corrected chi connectivity index (χ0v) is 16.9. The fourth-order valence-corrected chi connectivity index (χ4v) is 2.49. The zero-order valence-electron chi connectivity index (χ0n) is 16.9. The molecule has 2 aromatic rings. The van der Waals surface area contributed by atoms with Gasteiger partial charge in [0.05, 0.1) is 0 Å². The number of hydrogen-bond acceptors (Lipinski definition) is 3. The summed E-state index contributed by atoms with van der Waals surface area (Å²) < 4.78 is 5.74. The molecule has 0 unspecified atom stereocenters. The summed E-state index contributed by atoms with van der Waals surface area (Å²) in [6, 6.07) is 14.6. The molecule has 5 heteroatoms. The predicted molar refractivity (Wildman–Crippen MR) is 108 cm³/mol. The van der Waals surface area contributed by atoms with Gasteiger partial charge in [-0.1, -0.05) is 32.9 Å². The highest BCUT2D eigenvalue weighted by atomic mass is 16.5. The molecule has 0 fully saturated rings. The van der Waals surface area contributed by atoms with Crippen LogP contribution in [0.2, 0.25) is 0 Å². The summed E-state index contributed by atoms with van der Waals surface area (Å²) in [4.78, 5) is 25.8. The van der Waals surface area contributed by atoms with Crippen molar-refractivity contribution in [2.75, 3.05) is 19.4 Å². The number of benzene rings is 2. The Labute approximate surface area is 161 Å². The monoisotopic (exact) mass is 368 g/mol. The van der Waals surface area contributed by atoms with Crippen molar-refractivity contribution >= 4 is 17.5 Å². The number of carbonyl (C=O) groups is 2. The van der Waals surface area contributed by atoms with E-state index in [1.54, 1.807) is 45.3 Å². The quantitative estimate of drug-likeness (QED) is 0.865. The molecule has 27 heavy (non-hydrogen) atoms. The molecule has 2 aromatic carbocycles. The van der Waals surface area contributed by atoms with E-state index in [9.17, 15) is 9.59 Å². The van der Waals surface area contributed by atoms with Gasteiger partial charge in [-0.05, 0) is 54.3 Å². The third-order valence-electron chi connectivity index (χ3n) is 4.21. The normalized spacial score (nSPS) is 12.2. The van der Waals surface area contributed by atoms with Crippen molar-refractivity contribution in [2.45, 2.75) is 39.2 Å². The van der Waals surface area contributed by atoms with Crippen molar-refractivity contribution in [1.82, 2.24) is 4.90 Å². The van der Waals surface area contributed by atoms with Gasteiger partial charge in [-0.15, -0.1) is 0 Å². The van der Waals surface area contributed by atoms with E-state index in [1.165, 1.54) is 10.5 Å². The van der Waals surface area contributed by atoms with Crippen LogP contribution in [0.15, 0.2) is 48.5 Å². The van der Waals surface area contributed by atoms with Crippen molar-refractivity contribution in [1.29, 1.82) is 0 Å². The van der Waals surface area contributed by atoms with Crippen LogP contribution in [0.3, 0.4) is 0 Å². The molecule has 1 N–H and O–H groups in total. The number of anilines is 1. The fraction of sp³-hybridized carbons (Fsp3) is 0.364. The zero-order chi connectivity index (χ0) is 20.2. The molecule has 0 aliphatic heterocycles. The standard InChI is InChI=1S/C22H28N2O3/c1-15(27-19-13-9-17(10-14-19)22(2,3)4)20(25)23-18-11-7-16(8-12-18)21(26)24(5)6/h7-15H,1-6H3,(H,23,25)/t15-/m0/s1. The lowest BCUT2D eigenvalue weighted by molar-refractivity contribution is -0.122. The third-order valence-corrected chi connectivity index (χ3v) is 4.21. The minimum absolute atomic E-state index is 0.0711. The molecular formula is C22H28N2O3. The summed E-state index contributed by atoms with van der Waals surface area (Å²) >= 11 is 0. The van der Waals surface area contributed by atoms with Gasteiger partial charge in [0.1, 0.15) is 5.75 Å². The molecule has 0 radical (unpaired) electrons. The molecule has 0 aromatic heterocycles. The van der Waals surface area contributed by atoms with Crippen LogP contribution >= 0.6 is 0 Å². The van der Waals surface area contributed by atoms with E-state index in [-0.39, 0.29) is 17.2 Å². The van der Waals surface area contributed by atoms with Crippen LogP contribution in [0, 0.1) is 0 Å². The van der Waals surface area contributed by atoms with Crippen molar-refractivity contribution < 1.29 is 14.3 Å². The number of amides is 2. The van der Waals surface area contributed by atoms with Gasteiger partial charge in [0, 0.05) is 25.3 Å². The van der Waals surface area contributed by atoms with E-state index in [1.807, 2.05) is 24.3 Å². The topological polar surface area (TPSA) is 58.6 Å². The molecule has 0 saturated heterocycles. The Morgan fingerprint density at radius 2 is 1.52 bits per heavy atom. The molecule has 0 spiro atoms. The molecule has 5 nitrogen and oxygen atoms in total. The van der Waals surface area contributed by atoms with Crippen LogP contribution in [0.1, 0.15) is 43.6 Å². The Balaban J connectivity index is 1.96. The van der Waals surface area contributed by atoms with Gasteiger partial charge in [0.2, 0.25) is 0 Å². The van der Waals surface area contributed by atoms with Crippen LogP contribution in [0.5, 0.6) is 5.75 Å². The van der Waals surface area contributed by atoms with Crippen LogP contribution in [-0.4, -0.2) is 36.9 Å². The lowest BCUT2D eigenvalue weighted by Gasteiger charge is -2.20. The molecule has 144 valence electrons. The van der Waals surface area contributed by atoms with Gasteiger partial charge in [-0.2, -0.15) is 0 Å². The van der Waals surface area contributed by atoms with Crippen molar-refractivity contribution in [3.05, 3.63) is 59.7 Å². The van der Waals surface area contributed by atoms with Gasteiger partial charge >= 0.3 is 0 Å². The summed E-state index contributed by atoms with van der Waals surface area (Å²) in [5.74, 6) is 0.322. The average molecular weight is 368 g/mol. The molecule has 0 aliphatic carbocycles. The van der Waals surface area contributed by atoms with E-state index >= 15 is 0 Å². The maximum atomic E-state index is 12.4. The average Bonchev–Trinajstić information content (AvgIpc) is 2.61. The summed E-state index contributed by atoms with van der Waals surface area (Å²) in [7, 11) is 3.40. The molecule has 0 aliphatic rings. The predicted octanol–water partition coefficient (Wildman–Crippen LogP) is 4.09. The SMILES string of the molecule is C[C@H](Oc1ccc(C(C)(C)C)cc1)C(=O)Nc1ccc(C(=O)N(C)C)cc1. The fourth-order valence-electron chi connectivity index (χ4n) is 2.49. The molecular weight excluding hydrogens is 340 g/mol. The smallest absolute Gasteiger partial charge is 0.265 e. The summed E-state index contributed by atoms with van der Waals surface area (Å²) in [5.41, 5.74) is 2.47. The lowest BCUT2D eigenvalue weighted by atomic mass is 9.87. The highest BCUT2D eigenvalue weighted by Crippen LogP contribution is 2.24. The Kier molecular flexibility index (Phi) is 6.26. The second-order valence-corrected chi connectivity index (χ2v) is 7.80. The lowest BCUT2D eigenvalue weighted by Crippen LogP contribution is -2.30. The first-order chi connectivity index (χ1) is 12.6. The molecule has 2 rings (SSSR count). The first kappa shape index (κ1) is 20.5. The van der Waals surface area contributed by atoms with E-state index in [2.05, 4.69) is 26.1 Å². The van der Waals surface area contributed by atoms with Gasteiger partial charge in [-0.25, -0.2) is 0 Å². The minimum Gasteiger partial charge on any atom is -0.481 e. The van der Waals surface area contributed by atoms with Crippen LogP contribution in [-0.2, 0) is 10.2 Å². The maximum Gasteiger partial charge on any atom is 0.265 e. The van der Waals surface area contributed by atoms with Crippen LogP contribution in [0.4, 0.5) is 5.69 Å². The molecule has 0 heterocycles. The van der Waals surface area contributed by atoms with E-state index in [0.717, 1.165) is 0 Å². The number of rotatable bonds is 5. The Morgan fingerprint density at radius 3 is 2.00 bits per heavy atom. The van der Waals surface area contributed by atoms with Crippen LogP contribution < -0.4 is 10.1 Å².